The Hall–Kier alpha value is -1.59. The molecule has 3 heterocycles. The van der Waals surface area contributed by atoms with Crippen molar-refractivity contribution in [3.8, 4) is 0 Å². The van der Waals surface area contributed by atoms with E-state index < -0.39 is 0 Å². The number of carbonyl (C=O) groups excluding carboxylic acids is 1. The van der Waals surface area contributed by atoms with Crippen LogP contribution in [-0.4, -0.2) is 41.5 Å². The highest BCUT2D eigenvalue weighted by Gasteiger charge is 2.31. The van der Waals surface area contributed by atoms with Crippen molar-refractivity contribution in [2.24, 2.45) is 5.92 Å². The van der Waals surface area contributed by atoms with Crippen LogP contribution in [0.4, 0.5) is 4.39 Å². The summed E-state index contributed by atoms with van der Waals surface area (Å²) in [7, 11) is 0. The fraction of sp³-hybridized carbons (Fsp3) is 0.550. The third-order valence-corrected chi connectivity index (χ3v) is 5.90. The van der Waals surface area contributed by atoms with Gasteiger partial charge in [-0.15, -0.1) is 12.4 Å². The van der Waals surface area contributed by atoms with Crippen LogP contribution < -0.4 is 5.32 Å². The van der Waals surface area contributed by atoms with Gasteiger partial charge in [0.25, 0.3) is 0 Å². The fourth-order valence-corrected chi connectivity index (χ4v) is 4.48. The number of nitrogens with one attached hydrogen (secondary N) is 2. The van der Waals surface area contributed by atoms with Crippen molar-refractivity contribution in [1.29, 1.82) is 0 Å². The van der Waals surface area contributed by atoms with Crippen LogP contribution in [0.5, 0.6) is 0 Å². The van der Waals surface area contributed by atoms with E-state index in [1.807, 2.05) is 12.3 Å². The zero-order chi connectivity index (χ0) is 17.4. The summed E-state index contributed by atoms with van der Waals surface area (Å²) in [6.07, 6.45) is 5.89. The molecule has 6 heteroatoms. The maximum Gasteiger partial charge on any atom is 0.225 e. The van der Waals surface area contributed by atoms with Crippen LogP contribution >= 0.6 is 12.4 Å². The number of H-pyrrole nitrogens is 1. The second-order valence-electron chi connectivity index (χ2n) is 7.61. The predicted molar refractivity (Wildman–Crippen MR) is 104 cm³/mol. The molecular formula is C20H27ClFN3O. The molecule has 0 bridgehead atoms. The molecule has 2 atom stereocenters. The van der Waals surface area contributed by atoms with Crippen LogP contribution in [0.2, 0.25) is 0 Å². The number of hydrogen-bond donors (Lipinski definition) is 2. The molecule has 0 spiro atoms. The molecule has 2 aliphatic heterocycles. The average Bonchev–Trinajstić information content (AvgIpc) is 3.04. The van der Waals surface area contributed by atoms with Crippen molar-refractivity contribution in [3.63, 3.8) is 0 Å². The van der Waals surface area contributed by atoms with Crippen LogP contribution in [-0.2, 0) is 4.79 Å². The van der Waals surface area contributed by atoms with E-state index in [-0.39, 0.29) is 24.1 Å². The van der Waals surface area contributed by atoms with Gasteiger partial charge >= 0.3 is 0 Å². The number of piperidine rings is 2. The molecule has 2 aromatic rings. The third-order valence-electron chi connectivity index (χ3n) is 5.90. The largest absolute Gasteiger partial charge is 0.361 e. The Morgan fingerprint density at radius 3 is 2.73 bits per heavy atom. The Labute approximate surface area is 159 Å². The molecule has 2 saturated heterocycles. The number of benzene rings is 1. The Kier molecular flexibility index (Phi) is 5.88. The molecule has 142 valence electrons. The Bertz CT molecular complexity index is 770. The van der Waals surface area contributed by atoms with Crippen molar-refractivity contribution in [2.75, 3.05) is 19.6 Å². The monoisotopic (exact) mass is 379 g/mol. The maximum atomic E-state index is 13.4. The first kappa shape index (κ1) is 19.2. The zero-order valence-corrected chi connectivity index (χ0v) is 15.9. The number of hydrogen-bond acceptors (Lipinski definition) is 2. The Morgan fingerprint density at radius 2 is 2.00 bits per heavy atom. The standard InChI is InChI=1S/C20H26FN3O.ClH/c1-13-10-15(4-7-22-13)20(25)24-8-5-14(6-9-24)18-12-23-19-11-16(21)2-3-17(18)19;/h2-3,11-15,22-23H,4-10H2,1H3;1H/t13-,15-;/m0./s1. The highest BCUT2D eigenvalue weighted by atomic mass is 35.5. The van der Waals surface area contributed by atoms with Gasteiger partial charge in [0.2, 0.25) is 5.91 Å². The van der Waals surface area contributed by atoms with Gasteiger partial charge in [-0.25, -0.2) is 4.39 Å². The molecule has 2 fully saturated rings. The summed E-state index contributed by atoms with van der Waals surface area (Å²) in [6, 6.07) is 5.38. The van der Waals surface area contributed by atoms with Crippen LogP contribution in [0.1, 0.15) is 44.1 Å². The first-order chi connectivity index (χ1) is 12.1. The molecule has 1 amide bonds. The lowest BCUT2D eigenvalue weighted by atomic mass is 9.87. The number of nitrogens with zero attached hydrogens (tertiary/aromatic N) is 1. The van der Waals surface area contributed by atoms with Gasteiger partial charge < -0.3 is 15.2 Å². The van der Waals surface area contributed by atoms with Gasteiger partial charge in [-0.2, -0.15) is 0 Å². The maximum absolute atomic E-state index is 13.4. The lowest BCUT2D eigenvalue weighted by Gasteiger charge is -2.36. The van der Waals surface area contributed by atoms with Gasteiger partial charge in [-0.05, 0) is 68.8 Å². The second kappa shape index (κ2) is 7.97. The van der Waals surface area contributed by atoms with E-state index in [1.54, 1.807) is 6.07 Å². The Balaban J connectivity index is 0.00000196. The predicted octanol–water partition coefficient (Wildman–Crippen LogP) is 3.82. The molecule has 2 aliphatic rings. The first-order valence-electron chi connectivity index (χ1n) is 9.40. The second-order valence-corrected chi connectivity index (χ2v) is 7.61. The summed E-state index contributed by atoms with van der Waals surface area (Å²) in [6.45, 7) is 4.76. The lowest BCUT2D eigenvalue weighted by molar-refractivity contribution is -0.137. The highest BCUT2D eigenvalue weighted by Crippen LogP contribution is 2.34. The topological polar surface area (TPSA) is 48.1 Å². The van der Waals surface area contributed by atoms with Crippen molar-refractivity contribution >= 4 is 29.2 Å². The molecule has 1 aromatic heterocycles. The number of carbonyl (C=O) groups is 1. The number of halogens is 2. The molecule has 4 rings (SSSR count). The van der Waals surface area contributed by atoms with E-state index in [1.165, 1.54) is 11.6 Å². The van der Waals surface area contributed by atoms with E-state index in [0.29, 0.717) is 17.9 Å². The van der Waals surface area contributed by atoms with Gasteiger partial charge in [-0.3, -0.25) is 4.79 Å². The van der Waals surface area contributed by atoms with Crippen molar-refractivity contribution in [3.05, 3.63) is 35.8 Å². The van der Waals surface area contributed by atoms with Gasteiger partial charge in [0.15, 0.2) is 0 Å². The summed E-state index contributed by atoms with van der Waals surface area (Å²) in [4.78, 5) is 18.0. The summed E-state index contributed by atoms with van der Waals surface area (Å²) >= 11 is 0. The summed E-state index contributed by atoms with van der Waals surface area (Å²) in [5, 5.41) is 4.52. The molecule has 4 nitrogen and oxygen atoms in total. The minimum atomic E-state index is -0.211. The molecule has 0 radical (unpaired) electrons. The number of fused-ring (bicyclic) bond motifs is 1. The normalized spacial score (nSPS) is 24.5. The van der Waals surface area contributed by atoms with E-state index in [0.717, 1.165) is 56.2 Å². The third kappa shape index (κ3) is 3.74. The van der Waals surface area contributed by atoms with Gasteiger partial charge in [0.05, 0.1) is 0 Å². The van der Waals surface area contributed by atoms with Gasteiger partial charge in [0, 0.05) is 42.1 Å². The molecule has 0 unspecified atom stereocenters. The van der Waals surface area contributed by atoms with E-state index in [9.17, 15) is 9.18 Å². The van der Waals surface area contributed by atoms with Crippen molar-refractivity contribution in [1.82, 2.24) is 15.2 Å². The highest BCUT2D eigenvalue weighted by molar-refractivity contribution is 5.85. The molecule has 26 heavy (non-hydrogen) atoms. The fourth-order valence-electron chi connectivity index (χ4n) is 4.48. The van der Waals surface area contributed by atoms with Gasteiger partial charge in [-0.1, -0.05) is 0 Å². The van der Waals surface area contributed by atoms with Crippen LogP contribution in [0, 0.1) is 11.7 Å². The summed E-state index contributed by atoms with van der Waals surface area (Å²) < 4.78 is 13.4. The quantitative estimate of drug-likeness (QED) is 0.833. The summed E-state index contributed by atoms with van der Waals surface area (Å²) in [5.41, 5.74) is 2.12. The number of amides is 1. The van der Waals surface area contributed by atoms with E-state index in [2.05, 4.69) is 22.1 Å². The Morgan fingerprint density at radius 1 is 1.23 bits per heavy atom. The molecule has 1 aromatic carbocycles. The minimum absolute atomic E-state index is 0. The molecular weight excluding hydrogens is 353 g/mol. The van der Waals surface area contributed by atoms with Crippen molar-refractivity contribution in [2.45, 2.75) is 44.6 Å². The minimum Gasteiger partial charge on any atom is -0.361 e. The first-order valence-corrected chi connectivity index (χ1v) is 9.40. The van der Waals surface area contributed by atoms with Crippen LogP contribution in [0.15, 0.2) is 24.4 Å². The number of aromatic nitrogens is 1. The summed E-state index contributed by atoms with van der Waals surface area (Å²) in [5.74, 6) is 0.754. The zero-order valence-electron chi connectivity index (χ0n) is 15.1. The number of likely N-dealkylation sites (tertiary alicyclic amines) is 1. The molecule has 0 saturated carbocycles. The van der Waals surface area contributed by atoms with Crippen LogP contribution in [0.25, 0.3) is 10.9 Å². The van der Waals surface area contributed by atoms with Gasteiger partial charge in [0.1, 0.15) is 5.82 Å². The smallest absolute Gasteiger partial charge is 0.225 e. The van der Waals surface area contributed by atoms with E-state index in [4.69, 9.17) is 0 Å². The van der Waals surface area contributed by atoms with Crippen molar-refractivity contribution < 1.29 is 9.18 Å². The number of rotatable bonds is 2. The van der Waals surface area contributed by atoms with E-state index >= 15 is 0 Å². The lowest BCUT2D eigenvalue weighted by Crippen LogP contribution is -2.46. The SMILES string of the molecule is C[C@H]1C[C@@H](C(=O)N2CCC(c3c[nH]c4cc(F)ccc34)CC2)CCN1.Cl. The molecule has 0 aliphatic carbocycles. The van der Waals surface area contributed by atoms with Crippen LogP contribution in [0.3, 0.4) is 0 Å². The number of aromatic amines is 1. The molecule has 2 N–H and O–H groups in total. The average molecular weight is 380 g/mol.